The third kappa shape index (κ3) is 2.40. The Hall–Kier alpha value is -2.16. The molecule has 0 saturated heterocycles. The normalized spacial score (nSPS) is 12.1. The predicted octanol–water partition coefficient (Wildman–Crippen LogP) is 1.91. The van der Waals surface area contributed by atoms with Crippen molar-refractivity contribution < 1.29 is 9.90 Å². The van der Waals surface area contributed by atoms with Crippen molar-refractivity contribution in [2.45, 2.75) is 19.8 Å². The molecule has 0 fully saturated rings. The standard InChI is InChI=1S/C15H15NO2/c1-10-5-7-12(8-6-10)11(2)14-13(15(17)18)4-3-9-16-14/h3-9,11H,1-2H3,(H,17,18)/p-1. The van der Waals surface area contributed by atoms with E-state index < -0.39 is 5.97 Å². The molecule has 0 aliphatic carbocycles. The van der Waals surface area contributed by atoms with E-state index in [1.165, 1.54) is 11.6 Å². The van der Waals surface area contributed by atoms with E-state index in [4.69, 9.17) is 0 Å². The van der Waals surface area contributed by atoms with Crippen LogP contribution in [0.5, 0.6) is 0 Å². The number of carboxylic acids is 1. The molecule has 0 aliphatic heterocycles. The highest BCUT2D eigenvalue weighted by Gasteiger charge is 2.14. The maximum absolute atomic E-state index is 11.1. The van der Waals surface area contributed by atoms with Gasteiger partial charge in [0.2, 0.25) is 0 Å². The van der Waals surface area contributed by atoms with Gasteiger partial charge in [-0.3, -0.25) is 4.98 Å². The van der Waals surface area contributed by atoms with Crippen molar-refractivity contribution in [2.75, 3.05) is 0 Å². The molecule has 1 unspecified atom stereocenters. The Morgan fingerprint density at radius 2 is 1.89 bits per heavy atom. The molecule has 3 nitrogen and oxygen atoms in total. The average molecular weight is 240 g/mol. The van der Waals surface area contributed by atoms with Crippen LogP contribution in [0.3, 0.4) is 0 Å². The molecule has 3 heteroatoms. The van der Waals surface area contributed by atoms with Gasteiger partial charge in [-0.05, 0) is 24.6 Å². The maximum Gasteiger partial charge on any atom is 0.0733 e. The summed E-state index contributed by atoms with van der Waals surface area (Å²) in [6.07, 6.45) is 1.60. The van der Waals surface area contributed by atoms with Gasteiger partial charge in [0.25, 0.3) is 0 Å². The average Bonchev–Trinajstić information content (AvgIpc) is 2.39. The van der Waals surface area contributed by atoms with E-state index in [9.17, 15) is 9.90 Å². The molecule has 1 heterocycles. The second-order valence-corrected chi connectivity index (χ2v) is 4.36. The van der Waals surface area contributed by atoms with Crippen LogP contribution in [-0.4, -0.2) is 11.0 Å². The zero-order valence-electron chi connectivity index (χ0n) is 10.4. The molecular weight excluding hydrogens is 226 g/mol. The van der Waals surface area contributed by atoms with Gasteiger partial charge >= 0.3 is 0 Å². The fourth-order valence-electron chi connectivity index (χ4n) is 1.95. The van der Waals surface area contributed by atoms with Gasteiger partial charge in [-0.25, -0.2) is 0 Å². The van der Waals surface area contributed by atoms with Crippen LogP contribution in [-0.2, 0) is 0 Å². The van der Waals surface area contributed by atoms with E-state index in [2.05, 4.69) is 4.98 Å². The van der Waals surface area contributed by atoms with Gasteiger partial charge < -0.3 is 9.90 Å². The van der Waals surface area contributed by atoms with Crippen LogP contribution < -0.4 is 5.11 Å². The van der Waals surface area contributed by atoms with Crippen molar-refractivity contribution in [3.63, 3.8) is 0 Å². The number of aromatic carboxylic acids is 1. The number of benzene rings is 1. The molecule has 0 amide bonds. The second kappa shape index (κ2) is 5.00. The Morgan fingerprint density at radius 1 is 1.22 bits per heavy atom. The van der Waals surface area contributed by atoms with Crippen LogP contribution in [0.1, 0.15) is 40.0 Å². The molecule has 92 valence electrons. The van der Waals surface area contributed by atoms with E-state index in [0.717, 1.165) is 5.56 Å². The first kappa shape index (κ1) is 12.3. The first-order chi connectivity index (χ1) is 8.59. The Bertz CT molecular complexity index is 561. The number of pyridine rings is 1. The summed E-state index contributed by atoms with van der Waals surface area (Å²) in [6, 6.07) is 11.1. The largest absolute Gasteiger partial charge is 0.545 e. The van der Waals surface area contributed by atoms with Gasteiger partial charge in [-0.1, -0.05) is 36.8 Å². The molecule has 0 aliphatic rings. The number of rotatable bonds is 3. The SMILES string of the molecule is Cc1ccc(C(C)c2ncccc2C(=O)[O-])cc1. The van der Waals surface area contributed by atoms with Crippen molar-refractivity contribution in [1.29, 1.82) is 0 Å². The molecule has 1 aromatic carbocycles. The summed E-state index contributed by atoms with van der Waals surface area (Å²) in [5, 5.41) is 11.1. The first-order valence-corrected chi connectivity index (χ1v) is 5.82. The Balaban J connectivity index is 2.42. The highest BCUT2D eigenvalue weighted by atomic mass is 16.4. The van der Waals surface area contributed by atoms with Gasteiger partial charge in [0, 0.05) is 17.7 Å². The summed E-state index contributed by atoms with van der Waals surface area (Å²) in [4.78, 5) is 15.2. The lowest BCUT2D eigenvalue weighted by atomic mass is 9.93. The quantitative estimate of drug-likeness (QED) is 0.823. The minimum Gasteiger partial charge on any atom is -0.545 e. The van der Waals surface area contributed by atoms with Gasteiger partial charge in [0.15, 0.2) is 0 Å². The molecule has 0 radical (unpaired) electrons. The molecule has 0 N–H and O–H groups in total. The topological polar surface area (TPSA) is 53.0 Å². The molecule has 18 heavy (non-hydrogen) atoms. The lowest BCUT2D eigenvalue weighted by Crippen LogP contribution is -2.25. The molecule has 2 aromatic rings. The molecule has 0 spiro atoms. The number of aryl methyl sites for hydroxylation is 1. The zero-order valence-corrected chi connectivity index (χ0v) is 10.4. The Kier molecular flexibility index (Phi) is 3.42. The van der Waals surface area contributed by atoms with E-state index in [1.54, 1.807) is 12.3 Å². The second-order valence-electron chi connectivity index (χ2n) is 4.36. The monoisotopic (exact) mass is 240 g/mol. The van der Waals surface area contributed by atoms with Crippen LogP contribution >= 0.6 is 0 Å². The maximum atomic E-state index is 11.1. The Morgan fingerprint density at radius 3 is 2.50 bits per heavy atom. The van der Waals surface area contributed by atoms with E-state index in [0.29, 0.717) is 5.69 Å². The smallest absolute Gasteiger partial charge is 0.0733 e. The van der Waals surface area contributed by atoms with E-state index in [1.807, 2.05) is 38.1 Å². The number of hydrogen-bond donors (Lipinski definition) is 0. The fraction of sp³-hybridized carbons (Fsp3) is 0.200. The number of carbonyl (C=O) groups is 1. The van der Waals surface area contributed by atoms with Gasteiger partial charge in [-0.15, -0.1) is 0 Å². The number of hydrogen-bond acceptors (Lipinski definition) is 3. The molecule has 0 bridgehead atoms. The first-order valence-electron chi connectivity index (χ1n) is 5.82. The lowest BCUT2D eigenvalue weighted by molar-refractivity contribution is -0.255. The van der Waals surface area contributed by atoms with Gasteiger partial charge in [0.05, 0.1) is 11.7 Å². The zero-order chi connectivity index (χ0) is 13.1. The minimum atomic E-state index is -1.18. The van der Waals surface area contributed by atoms with Crippen molar-refractivity contribution in [1.82, 2.24) is 4.98 Å². The summed E-state index contributed by atoms with van der Waals surface area (Å²) in [5.41, 5.74) is 2.92. The Labute approximate surface area is 106 Å². The van der Waals surface area contributed by atoms with E-state index >= 15 is 0 Å². The van der Waals surface area contributed by atoms with Crippen molar-refractivity contribution in [3.8, 4) is 0 Å². The summed E-state index contributed by atoms with van der Waals surface area (Å²) in [6.45, 7) is 3.96. The minimum absolute atomic E-state index is 0.0697. The molecular formula is C15H14NO2-. The molecule has 2 rings (SSSR count). The number of carboxylic acid groups (broad SMARTS) is 1. The number of aromatic nitrogens is 1. The summed E-state index contributed by atoms with van der Waals surface area (Å²) in [7, 11) is 0. The molecule has 0 saturated carbocycles. The number of carbonyl (C=O) groups excluding carboxylic acids is 1. The predicted molar refractivity (Wildman–Crippen MR) is 67.3 cm³/mol. The van der Waals surface area contributed by atoms with Crippen LogP contribution in [0.25, 0.3) is 0 Å². The highest BCUT2D eigenvalue weighted by molar-refractivity contribution is 5.87. The third-order valence-electron chi connectivity index (χ3n) is 3.05. The van der Waals surface area contributed by atoms with Crippen LogP contribution in [0.15, 0.2) is 42.6 Å². The van der Waals surface area contributed by atoms with Crippen molar-refractivity contribution in [2.24, 2.45) is 0 Å². The van der Waals surface area contributed by atoms with Gasteiger partial charge in [0.1, 0.15) is 0 Å². The third-order valence-corrected chi connectivity index (χ3v) is 3.05. The van der Waals surface area contributed by atoms with Crippen LogP contribution in [0.4, 0.5) is 0 Å². The van der Waals surface area contributed by atoms with Gasteiger partial charge in [-0.2, -0.15) is 0 Å². The van der Waals surface area contributed by atoms with Crippen molar-refractivity contribution in [3.05, 3.63) is 65.0 Å². The number of nitrogens with zero attached hydrogens (tertiary/aromatic N) is 1. The van der Waals surface area contributed by atoms with Crippen molar-refractivity contribution >= 4 is 5.97 Å². The molecule has 1 aromatic heterocycles. The fourth-order valence-corrected chi connectivity index (χ4v) is 1.95. The van der Waals surface area contributed by atoms with Crippen LogP contribution in [0, 0.1) is 6.92 Å². The lowest BCUT2D eigenvalue weighted by Gasteiger charge is -2.16. The highest BCUT2D eigenvalue weighted by Crippen LogP contribution is 2.25. The van der Waals surface area contributed by atoms with Crippen LogP contribution in [0.2, 0.25) is 0 Å². The summed E-state index contributed by atoms with van der Waals surface area (Å²) < 4.78 is 0. The summed E-state index contributed by atoms with van der Waals surface area (Å²) >= 11 is 0. The summed E-state index contributed by atoms with van der Waals surface area (Å²) in [5.74, 6) is -1.25. The van der Waals surface area contributed by atoms with E-state index in [-0.39, 0.29) is 11.5 Å². The molecule has 1 atom stereocenters.